The Morgan fingerprint density at radius 3 is 2.29 bits per heavy atom. The Morgan fingerprint density at radius 2 is 1.59 bits per heavy atom. The number of phenols is 1. The lowest BCUT2D eigenvalue weighted by molar-refractivity contribution is 0.101. The van der Waals surface area contributed by atoms with Gasteiger partial charge < -0.3 is 13.9 Å². The number of rotatable bonds is 3. The molecule has 0 aliphatic rings. The van der Waals surface area contributed by atoms with E-state index in [1.54, 1.807) is 18.2 Å². The molecule has 168 valence electrons. The normalized spacial score (nSPS) is 11.4. The average Bonchev–Trinajstić information content (AvgIpc) is 2.78. The molecule has 0 aliphatic carbocycles. The molecule has 0 saturated heterocycles. The molecule has 5 aromatic rings. The van der Waals surface area contributed by atoms with E-state index < -0.39 is 22.4 Å². The van der Waals surface area contributed by atoms with Gasteiger partial charge in [0.2, 0.25) is 10.9 Å². The van der Waals surface area contributed by atoms with E-state index >= 15 is 0 Å². The Balaban J connectivity index is 2.02. The molecule has 0 spiro atoms. The molecular weight excluding hydrogens is 436 g/mol. The molecule has 0 fully saturated rings. The zero-order chi connectivity index (χ0) is 24.3. The quantitative estimate of drug-likeness (QED) is 0.296. The summed E-state index contributed by atoms with van der Waals surface area (Å²) in [6.07, 6.45) is 1.21. The van der Waals surface area contributed by atoms with Gasteiger partial charge in [0.25, 0.3) is 0 Å². The SMILES string of the molecule is CC(=O)c1cc2c(=O)c3ccc(O)cc3oc2c(C(C)=O)c1-c1coc2ccc(C)cc2c1=O. The average molecular weight is 454 g/mol. The molecule has 0 unspecified atom stereocenters. The number of fused-ring (bicyclic) bond motifs is 3. The Hall–Kier alpha value is -4.52. The van der Waals surface area contributed by atoms with E-state index in [2.05, 4.69) is 0 Å². The molecule has 1 N–H and O–H groups in total. The lowest BCUT2D eigenvalue weighted by atomic mass is 9.88. The molecular formula is C27H18O7. The van der Waals surface area contributed by atoms with Gasteiger partial charge in [-0.15, -0.1) is 0 Å². The summed E-state index contributed by atoms with van der Waals surface area (Å²) in [6, 6.07) is 10.5. The van der Waals surface area contributed by atoms with Crippen LogP contribution in [0, 0.1) is 6.92 Å². The number of benzene rings is 3. The number of ketones is 2. The summed E-state index contributed by atoms with van der Waals surface area (Å²) in [4.78, 5) is 52.3. The maximum atomic E-state index is 13.5. The molecule has 0 atom stereocenters. The maximum absolute atomic E-state index is 13.5. The van der Waals surface area contributed by atoms with Crippen LogP contribution in [0.25, 0.3) is 44.0 Å². The van der Waals surface area contributed by atoms with Crippen LogP contribution in [-0.4, -0.2) is 16.7 Å². The van der Waals surface area contributed by atoms with Crippen molar-refractivity contribution in [3.8, 4) is 16.9 Å². The molecule has 0 aliphatic heterocycles. The predicted molar refractivity (Wildman–Crippen MR) is 128 cm³/mol. The van der Waals surface area contributed by atoms with Crippen LogP contribution in [0.3, 0.4) is 0 Å². The van der Waals surface area contributed by atoms with Crippen molar-refractivity contribution < 1.29 is 23.5 Å². The van der Waals surface area contributed by atoms with E-state index in [9.17, 15) is 24.3 Å². The zero-order valence-corrected chi connectivity index (χ0v) is 18.5. The number of hydrogen-bond donors (Lipinski definition) is 1. The third-order valence-corrected chi connectivity index (χ3v) is 5.87. The molecule has 7 nitrogen and oxygen atoms in total. The van der Waals surface area contributed by atoms with Crippen molar-refractivity contribution >= 4 is 44.5 Å². The van der Waals surface area contributed by atoms with Crippen LogP contribution >= 0.6 is 0 Å². The van der Waals surface area contributed by atoms with Gasteiger partial charge in [-0.3, -0.25) is 19.2 Å². The fourth-order valence-corrected chi connectivity index (χ4v) is 4.29. The molecule has 7 heteroatoms. The van der Waals surface area contributed by atoms with Crippen molar-refractivity contribution in [2.45, 2.75) is 20.8 Å². The number of aromatic hydroxyl groups is 1. The van der Waals surface area contributed by atoms with Crippen molar-refractivity contribution in [1.29, 1.82) is 0 Å². The minimum Gasteiger partial charge on any atom is -0.508 e. The largest absolute Gasteiger partial charge is 0.508 e. The van der Waals surface area contributed by atoms with E-state index in [1.807, 2.05) is 6.92 Å². The lowest BCUT2D eigenvalue weighted by Crippen LogP contribution is -2.14. The van der Waals surface area contributed by atoms with Crippen LogP contribution in [0.4, 0.5) is 0 Å². The summed E-state index contributed by atoms with van der Waals surface area (Å²) in [5.74, 6) is -1.06. The number of carbonyl (C=O) groups is 2. The Labute approximate surface area is 191 Å². The minimum absolute atomic E-state index is 0.00838. The topological polar surface area (TPSA) is 115 Å². The van der Waals surface area contributed by atoms with Gasteiger partial charge in [0, 0.05) is 17.2 Å². The van der Waals surface area contributed by atoms with Gasteiger partial charge in [-0.2, -0.15) is 0 Å². The highest BCUT2D eigenvalue weighted by Gasteiger charge is 2.26. The summed E-state index contributed by atoms with van der Waals surface area (Å²) in [5.41, 5.74) is 0.326. The molecule has 2 aromatic heterocycles. The van der Waals surface area contributed by atoms with E-state index in [0.717, 1.165) is 5.56 Å². The molecule has 0 radical (unpaired) electrons. The summed E-state index contributed by atoms with van der Waals surface area (Å²) >= 11 is 0. The maximum Gasteiger partial charge on any atom is 0.200 e. The van der Waals surface area contributed by atoms with E-state index in [-0.39, 0.29) is 49.9 Å². The van der Waals surface area contributed by atoms with Gasteiger partial charge in [0.05, 0.1) is 27.3 Å². The number of phenolic OH excluding ortho intramolecular Hbond substituents is 1. The third kappa shape index (κ3) is 3.13. The molecule has 3 aromatic carbocycles. The molecule has 34 heavy (non-hydrogen) atoms. The fourth-order valence-electron chi connectivity index (χ4n) is 4.29. The number of aryl methyl sites for hydroxylation is 1. The number of hydrogen-bond acceptors (Lipinski definition) is 7. The first-order valence-electron chi connectivity index (χ1n) is 10.5. The molecule has 0 bridgehead atoms. The predicted octanol–water partition coefficient (Wildman–Crippen LogP) is 5.14. The van der Waals surface area contributed by atoms with Crippen LogP contribution in [0.2, 0.25) is 0 Å². The molecule has 2 heterocycles. The summed E-state index contributed by atoms with van der Waals surface area (Å²) in [7, 11) is 0. The highest BCUT2D eigenvalue weighted by molar-refractivity contribution is 6.17. The second-order valence-corrected chi connectivity index (χ2v) is 8.25. The van der Waals surface area contributed by atoms with Crippen LogP contribution in [-0.2, 0) is 0 Å². The van der Waals surface area contributed by atoms with Crippen LogP contribution < -0.4 is 10.9 Å². The molecule has 0 saturated carbocycles. The molecule has 0 amide bonds. The number of carbonyl (C=O) groups excluding carboxylic acids is 2. The minimum atomic E-state index is -0.505. The van der Waals surface area contributed by atoms with E-state index in [0.29, 0.717) is 11.0 Å². The van der Waals surface area contributed by atoms with Crippen molar-refractivity contribution in [2.24, 2.45) is 0 Å². The van der Waals surface area contributed by atoms with Gasteiger partial charge >= 0.3 is 0 Å². The second kappa shape index (κ2) is 7.52. The van der Waals surface area contributed by atoms with Gasteiger partial charge in [0.1, 0.15) is 28.8 Å². The first-order valence-corrected chi connectivity index (χ1v) is 10.5. The van der Waals surface area contributed by atoms with Gasteiger partial charge in [0.15, 0.2) is 11.6 Å². The van der Waals surface area contributed by atoms with E-state index in [1.165, 1.54) is 44.4 Å². The van der Waals surface area contributed by atoms with Gasteiger partial charge in [-0.25, -0.2) is 0 Å². The van der Waals surface area contributed by atoms with E-state index in [4.69, 9.17) is 8.83 Å². The van der Waals surface area contributed by atoms with Gasteiger partial charge in [-0.05, 0) is 51.1 Å². The number of Topliss-reactive ketones (excluding diaryl/α,β-unsaturated/α-hetero) is 2. The van der Waals surface area contributed by atoms with Crippen molar-refractivity contribution in [3.63, 3.8) is 0 Å². The van der Waals surface area contributed by atoms with Crippen molar-refractivity contribution in [3.05, 3.63) is 85.9 Å². The first-order chi connectivity index (χ1) is 16.2. The van der Waals surface area contributed by atoms with Gasteiger partial charge in [-0.1, -0.05) is 11.6 Å². The fraction of sp³-hybridized carbons (Fsp3) is 0.111. The summed E-state index contributed by atoms with van der Waals surface area (Å²) in [5, 5.41) is 10.4. The Kier molecular flexibility index (Phi) is 4.72. The summed E-state index contributed by atoms with van der Waals surface area (Å²) < 4.78 is 11.6. The lowest BCUT2D eigenvalue weighted by Gasteiger charge is -2.15. The molecule has 5 rings (SSSR count). The Bertz CT molecular complexity index is 1820. The van der Waals surface area contributed by atoms with Crippen LogP contribution in [0.1, 0.15) is 40.1 Å². The standard InChI is InChI=1S/C27H18O7/c1-12-4-7-21-18(8-12)26(32)20(11-33-21)24-17(13(2)28)10-19-25(31)16-6-5-15(30)9-22(16)34-27(19)23(24)14(3)29/h4-11,30H,1-3H3. The monoisotopic (exact) mass is 454 g/mol. The zero-order valence-electron chi connectivity index (χ0n) is 18.5. The highest BCUT2D eigenvalue weighted by Crippen LogP contribution is 2.35. The van der Waals surface area contributed by atoms with Crippen molar-refractivity contribution in [1.82, 2.24) is 0 Å². The second-order valence-electron chi connectivity index (χ2n) is 8.25. The smallest absolute Gasteiger partial charge is 0.200 e. The van der Waals surface area contributed by atoms with Crippen LogP contribution in [0.5, 0.6) is 5.75 Å². The summed E-state index contributed by atoms with van der Waals surface area (Å²) in [6.45, 7) is 4.39. The van der Waals surface area contributed by atoms with Crippen LogP contribution in [0.15, 0.2) is 67.2 Å². The third-order valence-electron chi connectivity index (χ3n) is 5.87. The highest BCUT2D eigenvalue weighted by atomic mass is 16.3. The first kappa shape index (κ1) is 21.3. The van der Waals surface area contributed by atoms with Crippen molar-refractivity contribution in [2.75, 3.05) is 0 Å². The Morgan fingerprint density at radius 1 is 0.824 bits per heavy atom.